The lowest BCUT2D eigenvalue weighted by atomic mass is 10.0. The predicted molar refractivity (Wildman–Crippen MR) is 80.9 cm³/mol. The van der Waals surface area contributed by atoms with Gasteiger partial charge in [-0.2, -0.15) is 0 Å². The zero-order valence-electron chi connectivity index (χ0n) is 11.6. The standard InChI is InChI=1S/C14H17ClN2O2S/c1-10-3-4-11-12(7-10)17(13(8-15)16-11)14(2)5-6-20(18,19)9-14/h3-4,7H,5-6,8-9H2,1-2H3. The summed E-state index contributed by atoms with van der Waals surface area (Å²) in [6, 6.07) is 6.02. The molecule has 3 rings (SSSR count). The molecule has 20 heavy (non-hydrogen) atoms. The first-order valence-corrected chi connectivity index (χ1v) is 8.95. The van der Waals surface area contributed by atoms with Crippen LogP contribution in [0.15, 0.2) is 18.2 Å². The smallest absolute Gasteiger partial charge is 0.152 e. The zero-order chi connectivity index (χ0) is 14.5. The Bertz CT molecular complexity index is 782. The summed E-state index contributed by atoms with van der Waals surface area (Å²) >= 11 is 6.02. The van der Waals surface area contributed by atoms with Gasteiger partial charge in [-0.05, 0) is 38.0 Å². The van der Waals surface area contributed by atoms with Crippen molar-refractivity contribution < 1.29 is 8.42 Å². The number of sulfone groups is 1. The molecular formula is C14H17ClN2O2S. The number of fused-ring (bicyclic) bond motifs is 1. The molecule has 2 heterocycles. The number of alkyl halides is 1. The highest BCUT2D eigenvalue weighted by Crippen LogP contribution is 2.35. The molecule has 6 heteroatoms. The van der Waals surface area contributed by atoms with Gasteiger partial charge in [-0.25, -0.2) is 13.4 Å². The fourth-order valence-corrected chi connectivity index (χ4v) is 5.39. The summed E-state index contributed by atoms with van der Waals surface area (Å²) in [6.07, 6.45) is 0.610. The zero-order valence-corrected chi connectivity index (χ0v) is 13.1. The van der Waals surface area contributed by atoms with Crippen LogP contribution >= 0.6 is 11.6 Å². The highest BCUT2D eigenvalue weighted by Gasteiger charge is 2.41. The van der Waals surface area contributed by atoms with Gasteiger partial charge in [0, 0.05) is 0 Å². The molecule has 0 bridgehead atoms. The van der Waals surface area contributed by atoms with E-state index in [1.165, 1.54) is 0 Å². The SMILES string of the molecule is Cc1ccc2nc(CCl)n(C3(C)CCS(=O)(=O)C3)c2c1. The van der Waals surface area contributed by atoms with Crippen molar-refractivity contribution in [2.75, 3.05) is 11.5 Å². The van der Waals surface area contributed by atoms with Crippen molar-refractivity contribution in [3.63, 3.8) is 0 Å². The van der Waals surface area contributed by atoms with Crippen LogP contribution in [0, 0.1) is 6.92 Å². The van der Waals surface area contributed by atoms with E-state index in [0.717, 1.165) is 22.4 Å². The highest BCUT2D eigenvalue weighted by molar-refractivity contribution is 7.91. The second kappa shape index (κ2) is 4.46. The molecule has 0 saturated carbocycles. The maximum Gasteiger partial charge on any atom is 0.152 e. The van der Waals surface area contributed by atoms with Crippen molar-refractivity contribution in [1.29, 1.82) is 0 Å². The summed E-state index contributed by atoms with van der Waals surface area (Å²) in [5.41, 5.74) is 2.52. The Morgan fingerprint density at radius 1 is 1.45 bits per heavy atom. The average Bonchev–Trinajstić information content (AvgIpc) is 2.87. The Morgan fingerprint density at radius 3 is 2.80 bits per heavy atom. The van der Waals surface area contributed by atoms with E-state index in [2.05, 4.69) is 11.1 Å². The minimum atomic E-state index is -2.98. The van der Waals surface area contributed by atoms with E-state index >= 15 is 0 Å². The largest absolute Gasteiger partial charge is 0.320 e. The summed E-state index contributed by atoms with van der Waals surface area (Å²) in [5, 5.41) is 0. The molecule has 1 aromatic carbocycles. The lowest BCUT2D eigenvalue weighted by Crippen LogP contribution is -2.32. The number of imidazole rings is 1. The Kier molecular flexibility index (Phi) is 3.10. The van der Waals surface area contributed by atoms with E-state index in [1.54, 1.807) is 0 Å². The Balaban J connectivity index is 2.27. The molecule has 1 atom stereocenters. The molecule has 0 aliphatic carbocycles. The number of hydrogen-bond acceptors (Lipinski definition) is 3. The van der Waals surface area contributed by atoms with Gasteiger partial charge in [0.25, 0.3) is 0 Å². The van der Waals surface area contributed by atoms with E-state index in [1.807, 2.05) is 30.5 Å². The molecule has 0 spiro atoms. The van der Waals surface area contributed by atoms with Crippen LogP contribution in [0.2, 0.25) is 0 Å². The summed E-state index contributed by atoms with van der Waals surface area (Å²) in [7, 11) is -2.98. The van der Waals surface area contributed by atoms with Crippen LogP contribution < -0.4 is 0 Å². The summed E-state index contributed by atoms with van der Waals surface area (Å²) in [6.45, 7) is 4.00. The number of rotatable bonds is 2. The summed E-state index contributed by atoms with van der Waals surface area (Å²) < 4.78 is 25.8. The second-order valence-corrected chi connectivity index (χ2v) is 8.28. The summed E-state index contributed by atoms with van der Waals surface area (Å²) in [5.74, 6) is 1.41. The van der Waals surface area contributed by atoms with Crippen LogP contribution in [0.1, 0.15) is 24.7 Å². The van der Waals surface area contributed by atoms with Gasteiger partial charge in [-0.15, -0.1) is 11.6 Å². The van der Waals surface area contributed by atoms with Crippen molar-refractivity contribution in [3.8, 4) is 0 Å². The fraction of sp³-hybridized carbons (Fsp3) is 0.500. The lowest BCUT2D eigenvalue weighted by Gasteiger charge is -2.27. The quantitative estimate of drug-likeness (QED) is 0.801. The Hall–Kier alpha value is -1.07. The van der Waals surface area contributed by atoms with Gasteiger partial charge in [0.15, 0.2) is 9.84 Å². The van der Waals surface area contributed by atoms with Crippen molar-refractivity contribution in [2.45, 2.75) is 31.7 Å². The van der Waals surface area contributed by atoms with Gasteiger partial charge in [0.1, 0.15) is 5.82 Å². The third-order valence-corrected chi connectivity index (χ3v) is 6.15. The molecule has 1 fully saturated rings. The number of nitrogens with zero attached hydrogens (tertiary/aromatic N) is 2. The van der Waals surface area contributed by atoms with Crippen molar-refractivity contribution in [1.82, 2.24) is 9.55 Å². The van der Waals surface area contributed by atoms with E-state index < -0.39 is 15.4 Å². The first kappa shape index (κ1) is 13.9. The van der Waals surface area contributed by atoms with Crippen LogP contribution in [0.25, 0.3) is 11.0 Å². The van der Waals surface area contributed by atoms with Gasteiger partial charge in [0.05, 0.1) is 34.0 Å². The molecule has 0 amide bonds. The van der Waals surface area contributed by atoms with Crippen LogP contribution in [0.5, 0.6) is 0 Å². The van der Waals surface area contributed by atoms with E-state index in [9.17, 15) is 8.42 Å². The molecule has 1 aliphatic heterocycles. The Morgan fingerprint density at radius 2 is 2.20 bits per heavy atom. The number of benzene rings is 1. The maximum atomic E-state index is 11.9. The molecule has 0 radical (unpaired) electrons. The maximum absolute atomic E-state index is 11.9. The summed E-state index contributed by atoms with van der Waals surface area (Å²) in [4.78, 5) is 4.55. The van der Waals surface area contributed by atoms with Gasteiger partial charge in [0.2, 0.25) is 0 Å². The lowest BCUT2D eigenvalue weighted by molar-refractivity contribution is 0.367. The van der Waals surface area contributed by atoms with E-state index in [0.29, 0.717) is 6.42 Å². The average molecular weight is 313 g/mol. The van der Waals surface area contributed by atoms with Gasteiger partial charge < -0.3 is 4.57 Å². The van der Waals surface area contributed by atoms with E-state index in [4.69, 9.17) is 11.6 Å². The monoisotopic (exact) mass is 312 g/mol. The van der Waals surface area contributed by atoms with Gasteiger partial charge >= 0.3 is 0 Å². The number of aryl methyl sites for hydroxylation is 1. The molecule has 108 valence electrons. The minimum Gasteiger partial charge on any atom is -0.320 e. The first-order valence-electron chi connectivity index (χ1n) is 6.59. The van der Waals surface area contributed by atoms with Crippen molar-refractivity contribution in [2.24, 2.45) is 0 Å². The predicted octanol–water partition coefficient (Wildman–Crippen LogP) is 2.62. The highest BCUT2D eigenvalue weighted by atomic mass is 35.5. The number of halogens is 1. The molecule has 0 N–H and O–H groups in total. The topological polar surface area (TPSA) is 52.0 Å². The van der Waals surface area contributed by atoms with Crippen molar-refractivity contribution in [3.05, 3.63) is 29.6 Å². The molecule has 2 aromatic rings. The van der Waals surface area contributed by atoms with Crippen LogP contribution in [-0.4, -0.2) is 29.5 Å². The second-order valence-electron chi connectivity index (χ2n) is 5.83. The minimum absolute atomic E-state index is 0.156. The molecule has 1 aromatic heterocycles. The van der Waals surface area contributed by atoms with Gasteiger partial charge in [-0.1, -0.05) is 6.07 Å². The molecule has 1 unspecified atom stereocenters. The first-order chi connectivity index (χ1) is 9.35. The number of hydrogen-bond donors (Lipinski definition) is 0. The normalized spacial score (nSPS) is 25.4. The third-order valence-electron chi connectivity index (χ3n) is 4.02. The Labute approximate surface area is 123 Å². The molecule has 4 nitrogen and oxygen atoms in total. The third kappa shape index (κ3) is 2.13. The van der Waals surface area contributed by atoms with Gasteiger partial charge in [-0.3, -0.25) is 0 Å². The van der Waals surface area contributed by atoms with Crippen molar-refractivity contribution >= 4 is 32.5 Å². The number of aromatic nitrogens is 2. The van der Waals surface area contributed by atoms with E-state index in [-0.39, 0.29) is 17.4 Å². The molecular weight excluding hydrogens is 296 g/mol. The van der Waals surface area contributed by atoms with Crippen LogP contribution in [0.4, 0.5) is 0 Å². The fourth-order valence-electron chi connectivity index (χ4n) is 3.10. The van der Waals surface area contributed by atoms with Crippen LogP contribution in [0.3, 0.4) is 0 Å². The molecule has 1 saturated heterocycles. The van der Waals surface area contributed by atoms with Crippen LogP contribution in [-0.2, 0) is 21.3 Å². The molecule has 1 aliphatic rings.